The number of ether oxygens (including phenoxy) is 2. The standard InChI is InChI=1S/C42H46N6O2.2C2H5NO2/c49-41(21-27-7-8-27)43-19-3-1-5-39-45-35-17-15-33(25-37(35)47-39)31-13-11-30-24-32(14-12-29(30)23-31)34-16-18-36-38(26-34)48-40(46-36)6-2-4-20-44-42(50)22-28-9-10-28;2*1-5-2(3)4/h11-18,23-28H,1-10,19-22H2,(H,43,49)(H,44,50)(H,45,47)(H,46,48);2*1H3,(H2,3,4). The molecule has 14 heteroatoms. The molecule has 6 aromatic rings. The van der Waals surface area contributed by atoms with E-state index < -0.39 is 12.2 Å². The highest BCUT2D eigenvalue weighted by Gasteiger charge is 2.24. The number of nitrogens with zero attached hydrogens (tertiary/aromatic N) is 2. The molecule has 2 aliphatic rings. The van der Waals surface area contributed by atoms with Crippen molar-refractivity contribution in [2.75, 3.05) is 27.3 Å². The van der Waals surface area contributed by atoms with Crippen LogP contribution in [0.25, 0.3) is 55.1 Å². The number of unbranched alkanes of at least 4 members (excludes halogenated alkanes) is 2. The first kappa shape index (κ1) is 43.1. The number of fused-ring (bicyclic) bond motifs is 3. The molecule has 8 N–H and O–H groups in total. The Balaban J connectivity index is 0.000000543. The fourth-order valence-electron chi connectivity index (χ4n) is 6.93. The number of primary amides is 2. The van der Waals surface area contributed by atoms with Crippen LogP contribution in [-0.4, -0.2) is 71.2 Å². The molecule has 8 rings (SSSR count). The molecule has 0 unspecified atom stereocenters. The highest BCUT2D eigenvalue weighted by Crippen LogP contribution is 2.33. The molecule has 0 bridgehead atoms. The van der Waals surface area contributed by atoms with Gasteiger partial charge < -0.3 is 41.5 Å². The minimum Gasteiger partial charge on any atom is -0.453 e. The first-order valence-corrected chi connectivity index (χ1v) is 20.8. The van der Waals surface area contributed by atoms with Crippen LogP contribution in [0.2, 0.25) is 0 Å². The number of nitrogens with one attached hydrogen (secondary N) is 4. The second-order valence-corrected chi connectivity index (χ2v) is 15.6. The van der Waals surface area contributed by atoms with Crippen LogP contribution in [0.5, 0.6) is 0 Å². The van der Waals surface area contributed by atoms with Crippen molar-refractivity contribution < 1.29 is 28.7 Å². The number of methoxy groups -OCH3 is 2. The molecule has 14 nitrogen and oxygen atoms in total. The third kappa shape index (κ3) is 13.3. The monoisotopic (exact) mass is 816 g/mol. The third-order valence-electron chi connectivity index (χ3n) is 10.6. The lowest BCUT2D eigenvalue weighted by atomic mass is 9.97. The Morgan fingerprint density at radius 2 is 0.950 bits per heavy atom. The van der Waals surface area contributed by atoms with Crippen molar-refractivity contribution in [3.63, 3.8) is 0 Å². The van der Waals surface area contributed by atoms with Gasteiger partial charge in [0.15, 0.2) is 0 Å². The Hall–Kier alpha value is -6.44. The van der Waals surface area contributed by atoms with E-state index >= 15 is 0 Å². The van der Waals surface area contributed by atoms with E-state index in [2.05, 4.69) is 114 Å². The van der Waals surface area contributed by atoms with Crippen LogP contribution in [0.15, 0.2) is 72.8 Å². The Morgan fingerprint density at radius 3 is 1.32 bits per heavy atom. The molecule has 4 aromatic carbocycles. The average Bonchev–Trinajstić information content (AvgIpc) is 4.17. The Morgan fingerprint density at radius 1 is 0.583 bits per heavy atom. The van der Waals surface area contributed by atoms with Crippen molar-refractivity contribution in [3.8, 4) is 22.3 Å². The number of nitrogens with two attached hydrogens (primary N) is 2. The van der Waals surface area contributed by atoms with Crippen molar-refractivity contribution in [2.45, 2.75) is 77.0 Å². The van der Waals surface area contributed by atoms with Crippen LogP contribution in [0, 0.1) is 11.8 Å². The zero-order chi connectivity index (χ0) is 42.4. The predicted molar refractivity (Wildman–Crippen MR) is 234 cm³/mol. The fourth-order valence-corrected chi connectivity index (χ4v) is 6.93. The highest BCUT2D eigenvalue weighted by molar-refractivity contribution is 5.93. The van der Waals surface area contributed by atoms with Crippen molar-refractivity contribution in [2.24, 2.45) is 23.3 Å². The quantitative estimate of drug-likeness (QED) is 0.0527. The maximum atomic E-state index is 11.9. The highest BCUT2D eigenvalue weighted by atomic mass is 16.5. The Kier molecular flexibility index (Phi) is 15.1. The summed E-state index contributed by atoms with van der Waals surface area (Å²) in [6, 6.07) is 26.2. The number of carbonyl (C=O) groups excluding carboxylic acids is 4. The van der Waals surface area contributed by atoms with Crippen LogP contribution < -0.4 is 22.1 Å². The second-order valence-electron chi connectivity index (χ2n) is 15.6. The van der Waals surface area contributed by atoms with Crippen LogP contribution >= 0.6 is 0 Å². The maximum absolute atomic E-state index is 11.9. The molecule has 2 heterocycles. The van der Waals surface area contributed by atoms with Crippen LogP contribution in [0.4, 0.5) is 9.59 Å². The van der Waals surface area contributed by atoms with Gasteiger partial charge in [0.2, 0.25) is 11.8 Å². The lowest BCUT2D eigenvalue weighted by Crippen LogP contribution is -2.24. The molecular formula is C46H56N8O6. The molecule has 0 spiro atoms. The third-order valence-corrected chi connectivity index (χ3v) is 10.6. The minimum atomic E-state index is -0.745. The number of aryl methyl sites for hydroxylation is 2. The van der Waals surface area contributed by atoms with E-state index in [1.54, 1.807) is 0 Å². The molecule has 0 aliphatic heterocycles. The van der Waals surface area contributed by atoms with Gasteiger partial charge in [0.05, 0.1) is 36.3 Å². The van der Waals surface area contributed by atoms with Crippen LogP contribution in [-0.2, 0) is 31.9 Å². The van der Waals surface area contributed by atoms with Crippen LogP contribution in [0.3, 0.4) is 0 Å². The summed E-state index contributed by atoms with van der Waals surface area (Å²) in [5.74, 6) is 3.66. The van der Waals surface area contributed by atoms with Gasteiger partial charge in [-0.1, -0.05) is 36.4 Å². The maximum Gasteiger partial charge on any atom is 0.404 e. The summed E-state index contributed by atoms with van der Waals surface area (Å²) in [4.78, 5) is 59.2. The normalized spacial score (nSPS) is 13.2. The SMILES string of the molecule is COC(N)=O.COC(N)=O.O=C(CC1CC1)NCCCCc1nc2ccc(-c3ccc4cc(-c5ccc6nc(CCCCNC(=O)CC7CC7)[nH]c6c5)ccc4c3)cc2[nH]1. The summed E-state index contributed by atoms with van der Waals surface area (Å²) in [7, 11) is 2.45. The number of H-pyrrole nitrogens is 2. The van der Waals surface area contributed by atoms with E-state index in [-0.39, 0.29) is 11.8 Å². The Labute approximate surface area is 349 Å². The summed E-state index contributed by atoms with van der Waals surface area (Å²) >= 11 is 0. The van der Waals surface area contributed by atoms with Gasteiger partial charge in [-0.15, -0.1) is 0 Å². The van der Waals surface area contributed by atoms with Crippen LogP contribution in [0.1, 0.15) is 75.9 Å². The summed E-state index contributed by atoms with van der Waals surface area (Å²) in [6.07, 6.45) is 10.4. The van der Waals surface area contributed by atoms with Gasteiger partial charge in [0, 0.05) is 38.8 Å². The molecule has 60 heavy (non-hydrogen) atoms. The number of aromatic nitrogens is 4. The number of aromatic amines is 2. The zero-order valence-corrected chi connectivity index (χ0v) is 34.5. The lowest BCUT2D eigenvalue weighted by molar-refractivity contribution is -0.122. The smallest absolute Gasteiger partial charge is 0.404 e. The molecule has 0 saturated heterocycles. The van der Waals surface area contributed by atoms with E-state index in [1.807, 2.05) is 0 Å². The van der Waals surface area contributed by atoms with Gasteiger partial charge in [-0.3, -0.25) is 9.59 Å². The van der Waals surface area contributed by atoms with E-state index in [0.717, 1.165) is 96.5 Å². The van der Waals surface area contributed by atoms with Crippen molar-refractivity contribution in [1.29, 1.82) is 0 Å². The lowest BCUT2D eigenvalue weighted by Gasteiger charge is -2.07. The summed E-state index contributed by atoms with van der Waals surface area (Å²) in [6.45, 7) is 1.48. The van der Waals surface area contributed by atoms with E-state index in [4.69, 9.17) is 9.97 Å². The molecule has 0 atom stereocenters. The largest absolute Gasteiger partial charge is 0.453 e. The summed E-state index contributed by atoms with van der Waals surface area (Å²) in [5, 5.41) is 8.52. The van der Waals surface area contributed by atoms with Gasteiger partial charge in [0.25, 0.3) is 0 Å². The zero-order valence-electron chi connectivity index (χ0n) is 34.5. The van der Waals surface area contributed by atoms with Gasteiger partial charge in [-0.2, -0.15) is 0 Å². The first-order chi connectivity index (χ1) is 29.1. The minimum absolute atomic E-state index is 0.199. The number of amides is 4. The number of rotatable bonds is 16. The Bertz CT molecular complexity index is 2250. The number of benzene rings is 4. The predicted octanol–water partition coefficient (Wildman–Crippen LogP) is 7.83. The van der Waals surface area contributed by atoms with Crippen molar-refractivity contribution in [3.05, 3.63) is 84.4 Å². The average molecular weight is 817 g/mol. The van der Waals surface area contributed by atoms with E-state index in [9.17, 15) is 19.2 Å². The van der Waals surface area contributed by atoms with Crippen molar-refractivity contribution in [1.82, 2.24) is 30.6 Å². The fraction of sp³-hybridized carbons (Fsp3) is 0.391. The molecule has 2 saturated carbocycles. The molecule has 2 aromatic heterocycles. The topological polar surface area (TPSA) is 220 Å². The molecule has 4 amide bonds. The molecule has 2 fully saturated rings. The molecular weight excluding hydrogens is 761 g/mol. The number of imidazole rings is 2. The van der Waals surface area contributed by atoms with Gasteiger partial charge in [-0.25, -0.2) is 19.6 Å². The summed E-state index contributed by atoms with van der Waals surface area (Å²) in [5.41, 5.74) is 17.6. The summed E-state index contributed by atoms with van der Waals surface area (Å²) < 4.78 is 7.78. The van der Waals surface area contributed by atoms with Gasteiger partial charge in [0.1, 0.15) is 11.6 Å². The van der Waals surface area contributed by atoms with Gasteiger partial charge in [-0.05, 0) is 133 Å². The van der Waals surface area contributed by atoms with Crippen molar-refractivity contribution >= 4 is 56.8 Å². The molecule has 0 radical (unpaired) electrons. The number of hydrogen-bond donors (Lipinski definition) is 6. The molecule has 316 valence electrons. The number of carbonyl (C=O) groups is 4. The van der Waals surface area contributed by atoms with E-state index in [0.29, 0.717) is 24.7 Å². The van der Waals surface area contributed by atoms with E-state index in [1.165, 1.54) is 61.8 Å². The second kappa shape index (κ2) is 21.0. The van der Waals surface area contributed by atoms with Gasteiger partial charge >= 0.3 is 12.2 Å². The first-order valence-electron chi connectivity index (χ1n) is 20.8. The number of hydrogen-bond acceptors (Lipinski definition) is 8. The molecule has 2 aliphatic carbocycles.